The molecule has 0 unspecified atom stereocenters. The number of carbonyl (C=O) groups excluding carboxylic acids is 1. The Morgan fingerprint density at radius 3 is 2.93 bits per heavy atom. The number of aromatic nitrogens is 3. The number of rotatable bonds is 1. The van der Waals surface area contributed by atoms with E-state index in [9.17, 15) is 4.79 Å². The number of hydrogen-bond acceptors (Lipinski definition) is 5. The van der Waals surface area contributed by atoms with Gasteiger partial charge in [0.05, 0.1) is 25.2 Å². The molecule has 6 heteroatoms. The molecule has 0 amide bonds. The van der Waals surface area contributed by atoms with Crippen molar-refractivity contribution in [1.29, 1.82) is 0 Å². The number of nitrogens with zero attached hydrogens (tertiary/aromatic N) is 3. The highest BCUT2D eigenvalue weighted by molar-refractivity contribution is 5.88. The van der Waals surface area contributed by atoms with Crippen molar-refractivity contribution in [1.82, 2.24) is 14.4 Å². The fourth-order valence-electron chi connectivity index (χ4n) is 1.14. The van der Waals surface area contributed by atoms with Gasteiger partial charge in [0, 0.05) is 6.20 Å². The van der Waals surface area contributed by atoms with Gasteiger partial charge in [-0.1, -0.05) is 0 Å². The van der Waals surface area contributed by atoms with Gasteiger partial charge in [-0.25, -0.2) is 14.8 Å². The van der Waals surface area contributed by atoms with Gasteiger partial charge in [0.15, 0.2) is 5.69 Å². The Kier molecular flexibility index (Phi) is 1.81. The Labute approximate surface area is 79.3 Å². The van der Waals surface area contributed by atoms with Crippen LogP contribution in [-0.4, -0.2) is 27.4 Å². The largest absolute Gasteiger partial charge is 0.464 e. The van der Waals surface area contributed by atoms with Gasteiger partial charge >= 0.3 is 5.97 Å². The molecule has 0 bridgehead atoms. The summed E-state index contributed by atoms with van der Waals surface area (Å²) >= 11 is 0. The number of imidazole rings is 1. The van der Waals surface area contributed by atoms with Crippen LogP contribution in [0.1, 0.15) is 10.5 Å². The van der Waals surface area contributed by atoms with Crippen molar-refractivity contribution in [2.75, 3.05) is 12.8 Å². The molecule has 14 heavy (non-hydrogen) atoms. The topological polar surface area (TPSA) is 82.5 Å². The second-order valence-electron chi connectivity index (χ2n) is 2.69. The van der Waals surface area contributed by atoms with Crippen molar-refractivity contribution < 1.29 is 9.53 Å². The molecule has 2 heterocycles. The second-order valence-corrected chi connectivity index (χ2v) is 2.69. The molecule has 0 saturated carbocycles. The fourth-order valence-corrected chi connectivity index (χ4v) is 1.14. The molecule has 0 radical (unpaired) electrons. The molecule has 0 aliphatic heterocycles. The number of esters is 1. The van der Waals surface area contributed by atoms with Crippen molar-refractivity contribution in [3.63, 3.8) is 0 Å². The lowest BCUT2D eigenvalue weighted by Gasteiger charge is -1.99. The molecule has 72 valence electrons. The van der Waals surface area contributed by atoms with Crippen LogP contribution in [0, 0.1) is 0 Å². The average Bonchev–Trinajstić information content (AvgIpc) is 2.59. The van der Waals surface area contributed by atoms with E-state index in [2.05, 4.69) is 14.7 Å². The highest BCUT2D eigenvalue weighted by Gasteiger charge is 2.12. The van der Waals surface area contributed by atoms with Crippen molar-refractivity contribution >= 4 is 17.4 Å². The zero-order chi connectivity index (χ0) is 10.1. The van der Waals surface area contributed by atoms with E-state index in [0.29, 0.717) is 17.2 Å². The summed E-state index contributed by atoms with van der Waals surface area (Å²) in [6, 6.07) is 0. The van der Waals surface area contributed by atoms with Gasteiger partial charge in [0.2, 0.25) is 5.78 Å². The van der Waals surface area contributed by atoms with Gasteiger partial charge in [0.1, 0.15) is 0 Å². The minimum atomic E-state index is -0.468. The van der Waals surface area contributed by atoms with Crippen LogP contribution < -0.4 is 5.73 Å². The van der Waals surface area contributed by atoms with Crippen LogP contribution in [-0.2, 0) is 4.74 Å². The van der Waals surface area contributed by atoms with Gasteiger partial charge in [-0.05, 0) is 0 Å². The molecule has 0 aromatic carbocycles. The maximum absolute atomic E-state index is 11.2. The Hall–Kier alpha value is -2.11. The van der Waals surface area contributed by atoms with Crippen LogP contribution >= 0.6 is 0 Å². The maximum atomic E-state index is 11.2. The first-order valence-corrected chi connectivity index (χ1v) is 3.89. The van der Waals surface area contributed by atoms with Crippen LogP contribution in [0.4, 0.5) is 5.69 Å². The highest BCUT2D eigenvalue weighted by atomic mass is 16.5. The summed E-state index contributed by atoms with van der Waals surface area (Å²) in [5.41, 5.74) is 6.30. The minimum absolute atomic E-state index is 0.308. The number of hydrogen-bond donors (Lipinski definition) is 1. The number of nitrogens with two attached hydrogens (primary N) is 1. The highest BCUT2D eigenvalue weighted by Crippen LogP contribution is 2.08. The van der Waals surface area contributed by atoms with E-state index in [0.717, 1.165) is 0 Å². The summed E-state index contributed by atoms with van der Waals surface area (Å²) in [5.74, 6) is -0.0514. The predicted molar refractivity (Wildman–Crippen MR) is 48.7 cm³/mol. The number of carbonyl (C=O) groups is 1. The number of fused-ring (bicyclic) bond motifs is 1. The smallest absolute Gasteiger partial charge is 0.356 e. The first-order valence-electron chi connectivity index (χ1n) is 3.89. The summed E-state index contributed by atoms with van der Waals surface area (Å²) < 4.78 is 6.06. The van der Waals surface area contributed by atoms with Crippen molar-refractivity contribution in [3.05, 3.63) is 24.3 Å². The zero-order valence-corrected chi connectivity index (χ0v) is 7.47. The molecule has 0 saturated heterocycles. The molecule has 0 spiro atoms. The molecule has 0 atom stereocenters. The van der Waals surface area contributed by atoms with Crippen LogP contribution in [0.3, 0.4) is 0 Å². The van der Waals surface area contributed by atoms with Gasteiger partial charge in [-0.15, -0.1) is 0 Å². The molecule has 6 nitrogen and oxygen atoms in total. The first kappa shape index (κ1) is 8.49. The number of ether oxygens (including phenoxy) is 1. The normalized spacial score (nSPS) is 10.4. The molecule has 2 N–H and O–H groups in total. The van der Waals surface area contributed by atoms with Crippen molar-refractivity contribution in [2.24, 2.45) is 0 Å². The number of anilines is 1. The van der Waals surface area contributed by atoms with Crippen molar-refractivity contribution in [3.8, 4) is 0 Å². The average molecular weight is 192 g/mol. The molecule has 0 fully saturated rings. The van der Waals surface area contributed by atoms with Crippen LogP contribution in [0.15, 0.2) is 18.6 Å². The lowest BCUT2D eigenvalue weighted by Crippen LogP contribution is -2.06. The van der Waals surface area contributed by atoms with E-state index in [1.165, 1.54) is 23.9 Å². The fraction of sp³-hybridized carbons (Fsp3) is 0.125. The predicted octanol–water partition coefficient (Wildman–Crippen LogP) is 0.0981. The Morgan fingerprint density at radius 1 is 1.50 bits per heavy atom. The van der Waals surface area contributed by atoms with E-state index >= 15 is 0 Å². The maximum Gasteiger partial charge on any atom is 0.356 e. The monoisotopic (exact) mass is 192 g/mol. The minimum Gasteiger partial charge on any atom is -0.464 e. The van der Waals surface area contributed by atoms with E-state index in [-0.39, 0.29) is 0 Å². The quantitative estimate of drug-likeness (QED) is 0.648. The van der Waals surface area contributed by atoms with Gasteiger partial charge in [-0.2, -0.15) is 0 Å². The number of nitrogen functional groups attached to an aromatic ring is 1. The summed E-state index contributed by atoms with van der Waals surface area (Å²) in [6.45, 7) is 0. The van der Waals surface area contributed by atoms with Gasteiger partial charge < -0.3 is 10.5 Å². The third-order valence-corrected chi connectivity index (χ3v) is 1.78. The SMILES string of the molecule is COC(=O)c1cnc2ncc(N)cn12. The molecule has 0 aliphatic rings. The Bertz CT molecular complexity index is 491. The molecular formula is C8H8N4O2. The molecule has 2 aromatic rings. The molecular weight excluding hydrogens is 184 g/mol. The third kappa shape index (κ3) is 1.17. The summed E-state index contributed by atoms with van der Waals surface area (Å²) in [4.78, 5) is 19.1. The first-order chi connectivity index (χ1) is 6.72. The molecule has 0 aliphatic carbocycles. The lowest BCUT2D eigenvalue weighted by molar-refractivity contribution is 0.0593. The third-order valence-electron chi connectivity index (χ3n) is 1.78. The summed E-state index contributed by atoms with van der Waals surface area (Å²) in [7, 11) is 1.31. The second kappa shape index (κ2) is 2.99. The summed E-state index contributed by atoms with van der Waals surface area (Å²) in [5, 5.41) is 0. The lowest BCUT2D eigenvalue weighted by atomic mass is 10.4. The number of methoxy groups -OCH3 is 1. The summed E-state index contributed by atoms with van der Waals surface area (Å²) in [6.07, 6.45) is 4.44. The Balaban J connectivity index is 2.67. The van der Waals surface area contributed by atoms with Crippen LogP contribution in [0.25, 0.3) is 5.78 Å². The standard InChI is InChI=1S/C8H8N4O2/c1-14-7(13)6-3-11-8-10-2-5(9)4-12(6)8/h2-4H,9H2,1H3. The van der Waals surface area contributed by atoms with Crippen molar-refractivity contribution in [2.45, 2.75) is 0 Å². The van der Waals surface area contributed by atoms with Crippen LogP contribution in [0.2, 0.25) is 0 Å². The van der Waals surface area contributed by atoms with Crippen LogP contribution in [0.5, 0.6) is 0 Å². The zero-order valence-electron chi connectivity index (χ0n) is 7.47. The van der Waals surface area contributed by atoms with Gasteiger partial charge in [0.25, 0.3) is 0 Å². The van der Waals surface area contributed by atoms with E-state index < -0.39 is 5.97 Å². The van der Waals surface area contributed by atoms with Gasteiger partial charge in [-0.3, -0.25) is 4.40 Å². The molecule has 2 aromatic heterocycles. The van der Waals surface area contributed by atoms with E-state index in [4.69, 9.17) is 5.73 Å². The molecule has 2 rings (SSSR count). The Morgan fingerprint density at radius 2 is 2.21 bits per heavy atom. The van der Waals surface area contributed by atoms with E-state index in [1.807, 2.05) is 0 Å². The van der Waals surface area contributed by atoms with E-state index in [1.54, 1.807) is 6.20 Å².